The van der Waals surface area contributed by atoms with E-state index in [1.165, 1.54) is 54.4 Å². The quantitative estimate of drug-likeness (QED) is 0.631. The van der Waals surface area contributed by atoms with Crippen LogP contribution in [-0.4, -0.2) is 5.66 Å². The van der Waals surface area contributed by atoms with Gasteiger partial charge in [0, 0.05) is 0 Å². The van der Waals surface area contributed by atoms with Gasteiger partial charge in [-0.3, -0.25) is 0 Å². The highest BCUT2D eigenvalue weighted by Crippen LogP contribution is 2.55. The van der Waals surface area contributed by atoms with Crippen LogP contribution in [0.3, 0.4) is 0 Å². The molecule has 102 valence electrons. The van der Waals surface area contributed by atoms with E-state index >= 15 is 0 Å². The van der Waals surface area contributed by atoms with Crippen molar-refractivity contribution in [2.24, 2.45) is 11.3 Å². The largest absolute Gasteiger partial charge is 0.134 e. The second-order valence-electron chi connectivity index (χ2n) is 6.79. The van der Waals surface area contributed by atoms with Crippen molar-refractivity contribution in [3.63, 3.8) is 0 Å². The standard InChI is InChI=1S/C18H25P/c1-12-4-5-16-11-18(13(2)17(16)10-12)8-6-15(7-9-18)14(3)19/h4-5,10,14-15H,2,6-9,11,19H2,1,3H3. The van der Waals surface area contributed by atoms with Crippen LogP contribution in [0.25, 0.3) is 5.57 Å². The smallest absolute Gasteiger partial charge is 0.000606 e. The van der Waals surface area contributed by atoms with E-state index in [2.05, 4.69) is 47.9 Å². The zero-order chi connectivity index (χ0) is 13.6. The number of aryl methyl sites for hydroxylation is 1. The van der Waals surface area contributed by atoms with Crippen molar-refractivity contribution in [2.45, 2.75) is 51.6 Å². The van der Waals surface area contributed by atoms with Crippen LogP contribution in [0.15, 0.2) is 24.8 Å². The maximum absolute atomic E-state index is 4.48. The fourth-order valence-corrected chi connectivity index (χ4v) is 4.46. The van der Waals surface area contributed by atoms with E-state index < -0.39 is 0 Å². The van der Waals surface area contributed by atoms with Crippen molar-refractivity contribution in [1.82, 2.24) is 0 Å². The Morgan fingerprint density at radius 1 is 1.32 bits per heavy atom. The number of hydrogen-bond donors (Lipinski definition) is 0. The summed E-state index contributed by atoms with van der Waals surface area (Å²) in [4.78, 5) is 0. The predicted octanol–water partition coefficient (Wildman–Crippen LogP) is 5.00. The SMILES string of the molecule is C=C1c2cc(C)ccc2CC12CCC(C(C)P)CC2. The molecule has 2 unspecified atom stereocenters. The average Bonchev–Trinajstić information content (AvgIpc) is 2.64. The molecule has 1 spiro atoms. The first-order valence-electron chi connectivity index (χ1n) is 7.57. The molecule has 1 aromatic carbocycles. The second-order valence-corrected chi connectivity index (χ2v) is 7.84. The van der Waals surface area contributed by atoms with E-state index in [0.717, 1.165) is 11.6 Å². The van der Waals surface area contributed by atoms with Crippen molar-refractivity contribution in [3.8, 4) is 0 Å². The Hall–Kier alpha value is -0.610. The molecule has 0 radical (unpaired) electrons. The van der Waals surface area contributed by atoms with Crippen molar-refractivity contribution in [2.75, 3.05) is 0 Å². The van der Waals surface area contributed by atoms with Crippen molar-refractivity contribution < 1.29 is 0 Å². The van der Waals surface area contributed by atoms with Gasteiger partial charge in [0.05, 0.1) is 0 Å². The van der Waals surface area contributed by atoms with E-state index in [9.17, 15) is 0 Å². The number of allylic oxidation sites excluding steroid dienone is 1. The number of benzene rings is 1. The van der Waals surface area contributed by atoms with Gasteiger partial charge < -0.3 is 0 Å². The van der Waals surface area contributed by atoms with Gasteiger partial charge in [-0.1, -0.05) is 37.3 Å². The molecule has 1 heteroatoms. The summed E-state index contributed by atoms with van der Waals surface area (Å²) in [6.45, 7) is 9.01. The highest BCUT2D eigenvalue weighted by molar-refractivity contribution is 7.17. The Labute approximate surface area is 119 Å². The Morgan fingerprint density at radius 2 is 2.00 bits per heavy atom. The lowest BCUT2D eigenvalue weighted by Crippen LogP contribution is -2.29. The third-order valence-electron chi connectivity index (χ3n) is 5.49. The molecule has 0 nitrogen and oxygen atoms in total. The van der Waals surface area contributed by atoms with E-state index in [4.69, 9.17) is 0 Å². The zero-order valence-corrected chi connectivity index (χ0v) is 13.4. The molecule has 1 saturated carbocycles. The number of hydrogen-bond acceptors (Lipinski definition) is 0. The van der Waals surface area contributed by atoms with Crippen LogP contribution in [-0.2, 0) is 6.42 Å². The maximum Gasteiger partial charge on any atom is -0.000606 e. The molecule has 1 aromatic rings. The minimum Gasteiger partial charge on any atom is -0.134 e. The zero-order valence-electron chi connectivity index (χ0n) is 12.2. The summed E-state index contributed by atoms with van der Waals surface area (Å²) in [6.07, 6.45) is 6.65. The Morgan fingerprint density at radius 3 is 2.63 bits per heavy atom. The van der Waals surface area contributed by atoms with E-state index in [1.807, 2.05) is 0 Å². The fraction of sp³-hybridized carbons (Fsp3) is 0.556. The van der Waals surface area contributed by atoms with Gasteiger partial charge in [0.2, 0.25) is 0 Å². The van der Waals surface area contributed by atoms with E-state index in [0.29, 0.717) is 5.41 Å². The van der Waals surface area contributed by atoms with Gasteiger partial charge in [-0.15, -0.1) is 9.24 Å². The molecule has 0 N–H and O–H groups in total. The molecule has 0 aromatic heterocycles. The Balaban J connectivity index is 1.84. The average molecular weight is 272 g/mol. The Bertz CT molecular complexity index is 504. The summed E-state index contributed by atoms with van der Waals surface area (Å²) in [7, 11) is 2.99. The van der Waals surface area contributed by atoms with Gasteiger partial charge in [-0.25, -0.2) is 0 Å². The highest BCUT2D eigenvalue weighted by Gasteiger charge is 2.43. The molecule has 0 heterocycles. The molecule has 19 heavy (non-hydrogen) atoms. The molecule has 0 amide bonds. The molecule has 2 aliphatic rings. The Kier molecular flexibility index (Phi) is 3.34. The van der Waals surface area contributed by atoms with Gasteiger partial charge in [0.15, 0.2) is 0 Å². The van der Waals surface area contributed by atoms with Gasteiger partial charge >= 0.3 is 0 Å². The van der Waals surface area contributed by atoms with Gasteiger partial charge in [-0.05, 0) is 72.7 Å². The van der Waals surface area contributed by atoms with E-state index in [1.54, 1.807) is 0 Å². The van der Waals surface area contributed by atoms with Crippen LogP contribution in [0, 0.1) is 18.3 Å². The fourth-order valence-electron chi connectivity index (χ4n) is 4.08. The first-order valence-corrected chi connectivity index (χ1v) is 8.23. The molecular formula is C18H25P. The second kappa shape index (κ2) is 4.74. The molecule has 2 atom stereocenters. The summed E-state index contributed by atoms with van der Waals surface area (Å²) in [5.74, 6) is 0.897. The lowest BCUT2D eigenvalue weighted by atomic mass is 9.66. The first kappa shape index (κ1) is 13.4. The summed E-state index contributed by atoms with van der Waals surface area (Å²) >= 11 is 0. The van der Waals surface area contributed by atoms with E-state index in [-0.39, 0.29) is 0 Å². The minimum atomic E-state index is 0.395. The van der Waals surface area contributed by atoms with Crippen LogP contribution >= 0.6 is 9.24 Å². The molecule has 1 fully saturated rings. The molecule has 2 aliphatic carbocycles. The van der Waals surface area contributed by atoms with Crippen LogP contribution in [0.2, 0.25) is 0 Å². The first-order chi connectivity index (χ1) is 9.02. The van der Waals surface area contributed by atoms with Crippen molar-refractivity contribution >= 4 is 14.8 Å². The monoisotopic (exact) mass is 272 g/mol. The third kappa shape index (κ3) is 2.19. The van der Waals surface area contributed by atoms with Crippen LogP contribution < -0.4 is 0 Å². The molecule has 0 aliphatic heterocycles. The van der Waals surface area contributed by atoms with Crippen molar-refractivity contribution in [3.05, 3.63) is 41.5 Å². The molecule has 0 bridgehead atoms. The minimum absolute atomic E-state index is 0.395. The number of fused-ring (bicyclic) bond motifs is 1. The summed E-state index contributed by atoms with van der Waals surface area (Å²) in [5.41, 5.74) is 6.94. The van der Waals surface area contributed by atoms with Crippen LogP contribution in [0.5, 0.6) is 0 Å². The molecule has 3 rings (SSSR count). The summed E-state index contributed by atoms with van der Waals surface area (Å²) < 4.78 is 0. The maximum atomic E-state index is 4.48. The van der Waals surface area contributed by atoms with Gasteiger partial charge in [0.25, 0.3) is 0 Å². The predicted molar refractivity (Wildman–Crippen MR) is 87.5 cm³/mol. The summed E-state index contributed by atoms with van der Waals surface area (Å²) in [6, 6.07) is 6.92. The van der Waals surface area contributed by atoms with Crippen molar-refractivity contribution in [1.29, 1.82) is 0 Å². The number of rotatable bonds is 1. The van der Waals surface area contributed by atoms with Gasteiger partial charge in [-0.2, -0.15) is 0 Å². The van der Waals surface area contributed by atoms with Crippen LogP contribution in [0.4, 0.5) is 0 Å². The topological polar surface area (TPSA) is 0 Å². The normalized spacial score (nSPS) is 31.5. The lowest BCUT2D eigenvalue weighted by Gasteiger charge is -2.39. The summed E-state index contributed by atoms with van der Waals surface area (Å²) in [5, 5.41) is 0. The van der Waals surface area contributed by atoms with Gasteiger partial charge in [0.1, 0.15) is 0 Å². The molecular weight excluding hydrogens is 247 g/mol. The van der Waals surface area contributed by atoms with Crippen LogP contribution in [0.1, 0.15) is 49.3 Å². The third-order valence-corrected chi connectivity index (χ3v) is 6.03. The lowest BCUT2D eigenvalue weighted by molar-refractivity contribution is 0.217. The highest BCUT2D eigenvalue weighted by atomic mass is 31.0. The molecule has 0 saturated heterocycles.